The Balaban J connectivity index is 1.97. The van der Waals surface area contributed by atoms with Gasteiger partial charge in [0, 0.05) is 25.8 Å². The molecule has 3 unspecified atom stereocenters. The van der Waals surface area contributed by atoms with E-state index in [-0.39, 0.29) is 6.61 Å². The lowest BCUT2D eigenvalue weighted by Gasteiger charge is -2.21. The SMILES string of the molecule is CCCCCCOCC(O)CNC1CCCC1CO. The molecule has 114 valence electrons. The van der Waals surface area contributed by atoms with Gasteiger partial charge in [0.05, 0.1) is 12.7 Å². The second kappa shape index (κ2) is 10.6. The largest absolute Gasteiger partial charge is 0.396 e. The highest BCUT2D eigenvalue weighted by atomic mass is 16.5. The number of nitrogens with one attached hydrogen (secondary N) is 1. The van der Waals surface area contributed by atoms with E-state index in [1.165, 1.54) is 25.7 Å². The van der Waals surface area contributed by atoms with Crippen molar-refractivity contribution < 1.29 is 14.9 Å². The summed E-state index contributed by atoms with van der Waals surface area (Å²) in [6.45, 7) is 4.17. The maximum atomic E-state index is 9.82. The summed E-state index contributed by atoms with van der Waals surface area (Å²) in [6.07, 6.45) is 7.73. The van der Waals surface area contributed by atoms with E-state index < -0.39 is 6.10 Å². The molecule has 0 aliphatic heterocycles. The molecule has 0 saturated heterocycles. The summed E-state index contributed by atoms with van der Waals surface area (Å²) in [4.78, 5) is 0. The third-order valence-corrected chi connectivity index (χ3v) is 3.96. The lowest BCUT2D eigenvalue weighted by Crippen LogP contribution is -2.40. The molecule has 0 aromatic heterocycles. The monoisotopic (exact) mass is 273 g/mol. The Bertz CT molecular complexity index is 214. The highest BCUT2D eigenvalue weighted by Gasteiger charge is 2.26. The molecular formula is C15H31NO3. The normalized spacial score (nSPS) is 24.8. The van der Waals surface area contributed by atoms with E-state index in [1.807, 2.05) is 0 Å². The Kier molecular flexibility index (Phi) is 9.43. The Morgan fingerprint density at radius 1 is 1.26 bits per heavy atom. The van der Waals surface area contributed by atoms with E-state index >= 15 is 0 Å². The molecule has 1 aliphatic carbocycles. The Morgan fingerprint density at radius 2 is 2.11 bits per heavy atom. The first kappa shape index (κ1) is 16.9. The third-order valence-electron chi connectivity index (χ3n) is 3.96. The number of hydrogen-bond acceptors (Lipinski definition) is 4. The van der Waals surface area contributed by atoms with E-state index in [9.17, 15) is 10.2 Å². The molecule has 0 bridgehead atoms. The summed E-state index contributed by atoms with van der Waals surface area (Å²) in [6, 6.07) is 0.365. The standard InChI is InChI=1S/C15H31NO3/c1-2-3-4-5-9-19-12-14(18)10-16-15-8-6-7-13(15)11-17/h13-18H,2-12H2,1H3. The number of aliphatic hydroxyl groups excluding tert-OH is 2. The van der Waals surface area contributed by atoms with E-state index in [2.05, 4.69) is 12.2 Å². The van der Waals surface area contributed by atoms with Crippen LogP contribution in [0.5, 0.6) is 0 Å². The Morgan fingerprint density at radius 3 is 2.84 bits per heavy atom. The van der Waals surface area contributed by atoms with Gasteiger partial charge < -0.3 is 20.3 Å². The van der Waals surface area contributed by atoms with Crippen molar-refractivity contribution in [1.29, 1.82) is 0 Å². The summed E-state index contributed by atoms with van der Waals surface area (Å²) in [7, 11) is 0. The van der Waals surface area contributed by atoms with Crippen molar-refractivity contribution >= 4 is 0 Å². The highest BCUT2D eigenvalue weighted by Crippen LogP contribution is 2.24. The van der Waals surface area contributed by atoms with Gasteiger partial charge in [-0.1, -0.05) is 32.6 Å². The zero-order valence-electron chi connectivity index (χ0n) is 12.3. The molecule has 3 N–H and O–H groups in total. The summed E-state index contributed by atoms with van der Waals surface area (Å²) in [5.74, 6) is 0.363. The quantitative estimate of drug-likeness (QED) is 0.501. The summed E-state index contributed by atoms with van der Waals surface area (Å²) in [5.41, 5.74) is 0. The van der Waals surface area contributed by atoms with Gasteiger partial charge in [0.2, 0.25) is 0 Å². The van der Waals surface area contributed by atoms with Gasteiger partial charge in [0.1, 0.15) is 0 Å². The first-order valence-electron chi connectivity index (χ1n) is 7.88. The fourth-order valence-corrected chi connectivity index (χ4v) is 2.72. The fraction of sp³-hybridized carbons (Fsp3) is 1.00. The molecular weight excluding hydrogens is 242 g/mol. The molecule has 0 amide bonds. The zero-order chi connectivity index (χ0) is 13.9. The van der Waals surface area contributed by atoms with Crippen molar-refractivity contribution in [2.24, 2.45) is 5.92 Å². The van der Waals surface area contributed by atoms with Crippen molar-refractivity contribution in [1.82, 2.24) is 5.32 Å². The van der Waals surface area contributed by atoms with Crippen LogP contribution in [0, 0.1) is 5.92 Å². The first-order valence-corrected chi connectivity index (χ1v) is 7.88. The summed E-state index contributed by atoms with van der Waals surface area (Å²) < 4.78 is 5.47. The Hall–Kier alpha value is -0.160. The van der Waals surface area contributed by atoms with Gasteiger partial charge in [-0.15, -0.1) is 0 Å². The number of unbranched alkanes of at least 4 members (excludes halogenated alkanes) is 3. The molecule has 4 nitrogen and oxygen atoms in total. The van der Waals surface area contributed by atoms with E-state index in [4.69, 9.17) is 4.74 Å². The molecule has 3 atom stereocenters. The van der Waals surface area contributed by atoms with Crippen molar-refractivity contribution in [3.8, 4) is 0 Å². The Labute approximate surface area is 117 Å². The molecule has 4 heteroatoms. The number of rotatable bonds is 11. The van der Waals surface area contributed by atoms with Crippen LogP contribution >= 0.6 is 0 Å². The van der Waals surface area contributed by atoms with E-state index in [1.54, 1.807) is 0 Å². The minimum Gasteiger partial charge on any atom is -0.396 e. The molecule has 1 fully saturated rings. The smallest absolute Gasteiger partial charge is 0.0897 e. The highest BCUT2D eigenvalue weighted by molar-refractivity contribution is 4.83. The topological polar surface area (TPSA) is 61.7 Å². The predicted molar refractivity (Wildman–Crippen MR) is 77.2 cm³/mol. The van der Waals surface area contributed by atoms with Crippen molar-refractivity contribution in [2.75, 3.05) is 26.4 Å². The summed E-state index contributed by atoms with van der Waals surface area (Å²) in [5, 5.41) is 22.4. The van der Waals surface area contributed by atoms with Crippen LogP contribution in [-0.4, -0.2) is 48.7 Å². The van der Waals surface area contributed by atoms with Gasteiger partial charge >= 0.3 is 0 Å². The summed E-state index contributed by atoms with van der Waals surface area (Å²) >= 11 is 0. The number of ether oxygens (including phenoxy) is 1. The predicted octanol–water partition coefficient (Wildman–Crippen LogP) is 1.69. The first-order chi connectivity index (χ1) is 9.27. The molecule has 0 radical (unpaired) electrons. The third kappa shape index (κ3) is 7.25. The average Bonchev–Trinajstić information content (AvgIpc) is 2.88. The molecule has 0 heterocycles. The molecule has 1 aliphatic rings. The minimum atomic E-state index is -0.439. The van der Waals surface area contributed by atoms with Gasteiger partial charge in [-0.05, 0) is 25.2 Å². The van der Waals surface area contributed by atoms with Crippen LogP contribution < -0.4 is 5.32 Å². The van der Waals surface area contributed by atoms with Gasteiger partial charge in [0.15, 0.2) is 0 Å². The molecule has 0 spiro atoms. The minimum absolute atomic E-state index is 0.252. The van der Waals surface area contributed by atoms with Crippen LogP contribution in [0.15, 0.2) is 0 Å². The zero-order valence-corrected chi connectivity index (χ0v) is 12.3. The average molecular weight is 273 g/mol. The second-order valence-electron chi connectivity index (χ2n) is 5.68. The van der Waals surface area contributed by atoms with Crippen LogP contribution in [0.4, 0.5) is 0 Å². The van der Waals surface area contributed by atoms with Gasteiger partial charge in [-0.2, -0.15) is 0 Å². The van der Waals surface area contributed by atoms with Crippen LogP contribution in [0.1, 0.15) is 51.9 Å². The van der Waals surface area contributed by atoms with Crippen LogP contribution in [-0.2, 0) is 4.74 Å². The molecule has 0 aromatic rings. The van der Waals surface area contributed by atoms with Crippen molar-refractivity contribution in [2.45, 2.75) is 64.0 Å². The molecule has 1 saturated carbocycles. The fourth-order valence-electron chi connectivity index (χ4n) is 2.72. The maximum absolute atomic E-state index is 9.82. The van der Waals surface area contributed by atoms with Crippen LogP contribution in [0.25, 0.3) is 0 Å². The van der Waals surface area contributed by atoms with Crippen LogP contribution in [0.2, 0.25) is 0 Å². The van der Waals surface area contributed by atoms with Gasteiger partial charge in [-0.3, -0.25) is 0 Å². The molecule has 0 aromatic carbocycles. The van der Waals surface area contributed by atoms with Crippen molar-refractivity contribution in [3.63, 3.8) is 0 Å². The van der Waals surface area contributed by atoms with Crippen molar-refractivity contribution in [3.05, 3.63) is 0 Å². The number of aliphatic hydroxyl groups is 2. The second-order valence-corrected chi connectivity index (χ2v) is 5.68. The van der Waals surface area contributed by atoms with E-state index in [0.717, 1.165) is 25.9 Å². The number of hydrogen-bond donors (Lipinski definition) is 3. The van der Waals surface area contributed by atoms with E-state index in [0.29, 0.717) is 25.1 Å². The maximum Gasteiger partial charge on any atom is 0.0897 e. The molecule has 19 heavy (non-hydrogen) atoms. The van der Waals surface area contributed by atoms with Gasteiger partial charge in [0.25, 0.3) is 0 Å². The molecule has 1 rings (SSSR count). The lowest BCUT2D eigenvalue weighted by molar-refractivity contribution is 0.0329. The lowest BCUT2D eigenvalue weighted by atomic mass is 10.1. The van der Waals surface area contributed by atoms with Crippen LogP contribution in [0.3, 0.4) is 0 Å². The van der Waals surface area contributed by atoms with Gasteiger partial charge in [-0.25, -0.2) is 0 Å².